The molecule has 2 fully saturated rings. The molecule has 142 valence electrons. The van der Waals surface area contributed by atoms with Crippen LogP contribution in [0.5, 0.6) is 0 Å². The summed E-state index contributed by atoms with van der Waals surface area (Å²) < 4.78 is 0. The van der Waals surface area contributed by atoms with E-state index in [-0.39, 0.29) is 11.1 Å². The Morgan fingerprint density at radius 2 is 1.96 bits per heavy atom. The molecule has 0 aliphatic carbocycles. The second-order valence-corrected chi connectivity index (χ2v) is 7.87. The molecule has 1 aromatic rings. The Morgan fingerprint density at radius 3 is 2.58 bits per heavy atom. The number of likely N-dealkylation sites (N-methyl/N-ethyl adjacent to an activating group) is 1. The molecule has 2 amide bonds. The summed E-state index contributed by atoms with van der Waals surface area (Å²) >= 11 is 1.33. The Balaban J connectivity index is 1.52. The minimum Gasteiger partial charge on any atom is -0.369 e. The standard InChI is InChI=1S/C19H28N4O2S/c1-3-21-8-10-22(11-9-21)17-5-4-16(14-15(17)2)20-18(24)6-7-23-12-13-26-19(23)25/h4-5,14H,3,6-13H2,1-2H3,(H,20,24). The third kappa shape index (κ3) is 4.71. The first-order valence-corrected chi connectivity index (χ1v) is 10.3. The lowest BCUT2D eigenvalue weighted by atomic mass is 10.1. The van der Waals surface area contributed by atoms with Gasteiger partial charge < -0.3 is 20.0 Å². The number of piperazine rings is 1. The second kappa shape index (κ2) is 8.77. The van der Waals surface area contributed by atoms with Crippen molar-refractivity contribution in [2.45, 2.75) is 20.3 Å². The number of nitrogens with zero attached hydrogens (tertiary/aromatic N) is 3. The molecular weight excluding hydrogens is 348 g/mol. The SMILES string of the molecule is CCN1CCN(c2ccc(NC(=O)CCN3CCSC3=O)cc2C)CC1. The first-order valence-electron chi connectivity index (χ1n) is 9.36. The molecule has 0 aromatic heterocycles. The van der Waals surface area contributed by atoms with E-state index in [2.05, 4.69) is 35.0 Å². The molecule has 2 saturated heterocycles. The number of hydrogen-bond donors (Lipinski definition) is 1. The van der Waals surface area contributed by atoms with E-state index in [9.17, 15) is 9.59 Å². The van der Waals surface area contributed by atoms with Gasteiger partial charge in [0.25, 0.3) is 5.24 Å². The van der Waals surface area contributed by atoms with E-state index < -0.39 is 0 Å². The maximum atomic E-state index is 12.2. The Kier molecular flexibility index (Phi) is 6.43. The molecule has 0 saturated carbocycles. The molecule has 0 radical (unpaired) electrons. The summed E-state index contributed by atoms with van der Waals surface area (Å²) in [6, 6.07) is 6.12. The van der Waals surface area contributed by atoms with Gasteiger partial charge in [-0.3, -0.25) is 9.59 Å². The number of benzene rings is 1. The van der Waals surface area contributed by atoms with Crippen molar-refractivity contribution in [3.63, 3.8) is 0 Å². The third-order valence-corrected chi connectivity index (χ3v) is 5.99. The lowest BCUT2D eigenvalue weighted by Crippen LogP contribution is -2.46. The van der Waals surface area contributed by atoms with Crippen molar-refractivity contribution in [1.82, 2.24) is 9.80 Å². The van der Waals surface area contributed by atoms with E-state index in [1.165, 1.54) is 23.0 Å². The average molecular weight is 377 g/mol. The molecule has 2 aliphatic rings. The van der Waals surface area contributed by atoms with Crippen molar-refractivity contribution in [1.29, 1.82) is 0 Å². The zero-order chi connectivity index (χ0) is 18.5. The van der Waals surface area contributed by atoms with Crippen LogP contribution in [0.4, 0.5) is 16.2 Å². The predicted molar refractivity (Wildman–Crippen MR) is 108 cm³/mol. The van der Waals surface area contributed by atoms with Gasteiger partial charge in [-0.2, -0.15) is 0 Å². The smallest absolute Gasteiger partial charge is 0.281 e. The van der Waals surface area contributed by atoms with Crippen molar-refractivity contribution in [2.24, 2.45) is 0 Å². The number of nitrogens with one attached hydrogen (secondary N) is 1. The van der Waals surface area contributed by atoms with E-state index >= 15 is 0 Å². The van der Waals surface area contributed by atoms with Crippen LogP contribution >= 0.6 is 11.8 Å². The quantitative estimate of drug-likeness (QED) is 0.827. The van der Waals surface area contributed by atoms with Crippen LogP contribution in [0, 0.1) is 6.92 Å². The van der Waals surface area contributed by atoms with Crippen LogP contribution in [0.25, 0.3) is 0 Å². The molecule has 7 heteroatoms. The van der Waals surface area contributed by atoms with E-state index in [0.717, 1.165) is 50.7 Å². The number of aryl methyl sites for hydroxylation is 1. The fourth-order valence-electron chi connectivity index (χ4n) is 3.48. The van der Waals surface area contributed by atoms with Crippen LogP contribution in [-0.2, 0) is 4.79 Å². The van der Waals surface area contributed by atoms with E-state index in [4.69, 9.17) is 0 Å². The van der Waals surface area contributed by atoms with Crippen molar-refractivity contribution in [2.75, 3.05) is 61.8 Å². The van der Waals surface area contributed by atoms with Crippen molar-refractivity contribution in [3.05, 3.63) is 23.8 Å². The summed E-state index contributed by atoms with van der Waals surface area (Å²) in [5.41, 5.74) is 3.25. The van der Waals surface area contributed by atoms with Gasteiger partial charge in [-0.25, -0.2) is 0 Å². The number of anilines is 2. The normalized spacial score (nSPS) is 18.5. The van der Waals surface area contributed by atoms with Crippen molar-refractivity contribution >= 4 is 34.3 Å². The van der Waals surface area contributed by atoms with Gasteiger partial charge in [-0.05, 0) is 37.2 Å². The molecule has 0 bridgehead atoms. The zero-order valence-corrected chi connectivity index (χ0v) is 16.5. The minimum atomic E-state index is -0.0431. The van der Waals surface area contributed by atoms with Gasteiger partial charge in [0.15, 0.2) is 0 Å². The van der Waals surface area contributed by atoms with E-state index in [0.29, 0.717) is 13.0 Å². The number of hydrogen-bond acceptors (Lipinski definition) is 5. The van der Waals surface area contributed by atoms with Gasteiger partial charge in [0.05, 0.1) is 0 Å². The maximum Gasteiger partial charge on any atom is 0.281 e. The highest BCUT2D eigenvalue weighted by Gasteiger charge is 2.21. The Bertz CT molecular complexity index is 659. The van der Waals surface area contributed by atoms with Gasteiger partial charge >= 0.3 is 0 Å². The van der Waals surface area contributed by atoms with Crippen LogP contribution < -0.4 is 10.2 Å². The number of thioether (sulfide) groups is 1. The van der Waals surface area contributed by atoms with Gasteiger partial charge in [0, 0.05) is 62.8 Å². The molecule has 0 spiro atoms. The summed E-state index contributed by atoms with van der Waals surface area (Å²) in [6.07, 6.45) is 0.339. The summed E-state index contributed by atoms with van der Waals surface area (Å²) in [7, 11) is 0. The van der Waals surface area contributed by atoms with Crippen molar-refractivity contribution in [3.8, 4) is 0 Å². The first-order chi connectivity index (χ1) is 12.6. The molecule has 1 N–H and O–H groups in total. The maximum absolute atomic E-state index is 12.2. The minimum absolute atomic E-state index is 0.0431. The molecule has 0 atom stereocenters. The average Bonchev–Trinajstić information content (AvgIpc) is 3.05. The lowest BCUT2D eigenvalue weighted by Gasteiger charge is -2.36. The third-order valence-electron chi connectivity index (χ3n) is 5.09. The fourth-order valence-corrected chi connectivity index (χ4v) is 4.33. The van der Waals surface area contributed by atoms with Gasteiger partial charge in [0.2, 0.25) is 5.91 Å². The van der Waals surface area contributed by atoms with E-state index in [1.807, 2.05) is 12.1 Å². The Hall–Kier alpha value is -1.73. The van der Waals surface area contributed by atoms with Crippen LogP contribution in [0.3, 0.4) is 0 Å². The van der Waals surface area contributed by atoms with Gasteiger partial charge in [-0.15, -0.1) is 0 Å². The Morgan fingerprint density at radius 1 is 1.19 bits per heavy atom. The highest BCUT2D eigenvalue weighted by Crippen LogP contribution is 2.25. The van der Waals surface area contributed by atoms with Gasteiger partial charge in [0.1, 0.15) is 0 Å². The Labute approximate surface area is 159 Å². The molecule has 0 unspecified atom stereocenters. The van der Waals surface area contributed by atoms with Crippen LogP contribution in [-0.4, -0.2) is 72.5 Å². The first kappa shape index (κ1) is 19.0. The summed E-state index contributed by atoms with van der Waals surface area (Å²) in [5, 5.41) is 3.04. The summed E-state index contributed by atoms with van der Waals surface area (Å²) in [4.78, 5) is 30.4. The van der Waals surface area contributed by atoms with Crippen LogP contribution in [0.1, 0.15) is 18.9 Å². The van der Waals surface area contributed by atoms with Crippen molar-refractivity contribution < 1.29 is 9.59 Å². The molecule has 2 aliphatic heterocycles. The number of rotatable bonds is 6. The lowest BCUT2D eigenvalue weighted by molar-refractivity contribution is -0.116. The van der Waals surface area contributed by atoms with Crippen LogP contribution in [0.15, 0.2) is 18.2 Å². The molecular formula is C19H28N4O2S. The van der Waals surface area contributed by atoms with Gasteiger partial charge in [-0.1, -0.05) is 18.7 Å². The van der Waals surface area contributed by atoms with E-state index in [1.54, 1.807) is 4.90 Å². The molecule has 3 rings (SSSR count). The largest absolute Gasteiger partial charge is 0.369 e. The topological polar surface area (TPSA) is 55.9 Å². The molecule has 6 nitrogen and oxygen atoms in total. The number of amides is 2. The molecule has 2 heterocycles. The summed E-state index contributed by atoms with van der Waals surface area (Å²) in [5.74, 6) is 0.784. The monoisotopic (exact) mass is 376 g/mol. The number of carbonyl (C=O) groups is 2. The highest BCUT2D eigenvalue weighted by atomic mass is 32.2. The predicted octanol–water partition coefficient (Wildman–Crippen LogP) is 2.63. The fraction of sp³-hybridized carbons (Fsp3) is 0.579. The molecule has 26 heavy (non-hydrogen) atoms. The summed E-state index contributed by atoms with van der Waals surface area (Å²) in [6.45, 7) is 10.9. The number of carbonyl (C=O) groups excluding carboxylic acids is 2. The second-order valence-electron chi connectivity index (χ2n) is 6.82. The highest BCUT2D eigenvalue weighted by molar-refractivity contribution is 8.13. The van der Waals surface area contributed by atoms with Crippen LogP contribution in [0.2, 0.25) is 0 Å². The molecule has 1 aromatic carbocycles. The zero-order valence-electron chi connectivity index (χ0n) is 15.7.